The number of nitrogens with one attached hydrogen (secondary N) is 1. The molecule has 1 aromatic rings. The SMILES string of the molecule is CC1=CC=C[C@@H](C)[C@@H](O)[C@@H](C)[C@H](O)[C@H](C)[C@H]2OC(=O)[C@@H](C=C(C)C(=O)c3c(O)c(C)c(O)c4c3C(=O)C=C(NC1=O)C4=O)[C@@H](O)[C@@H]2C. The molecule has 0 aromatic heterocycles. The van der Waals surface area contributed by atoms with Gasteiger partial charge in [0, 0.05) is 40.9 Å². The first-order valence-electron chi connectivity index (χ1n) is 15.4. The smallest absolute Gasteiger partial charge is 0.315 e. The topological polar surface area (TPSA) is 208 Å². The number of rotatable bonds is 0. The Hall–Kier alpha value is -4.39. The lowest BCUT2D eigenvalue weighted by molar-refractivity contribution is -0.186. The average Bonchev–Trinajstić information content (AvgIpc) is 3.03. The van der Waals surface area contributed by atoms with Gasteiger partial charge in [0.2, 0.25) is 5.78 Å². The molecule has 5 aliphatic heterocycles. The third kappa shape index (κ3) is 6.32. The van der Waals surface area contributed by atoms with Crippen LogP contribution in [0.4, 0.5) is 0 Å². The maximum Gasteiger partial charge on any atom is 0.315 e. The summed E-state index contributed by atoms with van der Waals surface area (Å²) in [6.07, 6.45) is 2.00. The number of amides is 1. The van der Waals surface area contributed by atoms with Gasteiger partial charge in [-0.1, -0.05) is 52.0 Å². The fourth-order valence-electron chi connectivity index (χ4n) is 6.45. The monoisotopic (exact) mass is 651 g/mol. The number of ether oxygens (including phenoxy) is 1. The van der Waals surface area contributed by atoms with Crippen LogP contribution in [0, 0.1) is 36.5 Å². The Kier molecular flexibility index (Phi) is 10.1. The van der Waals surface area contributed by atoms with E-state index in [-0.39, 0.29) is 16.7 Å². The maximum atomic E-state index is 13.8. The Morgan fingerprint density at radius 3 is 1.91 bits per heavy atom. The van der Waals surface area contributed by atoms with Crippen LogP contribution in [0.25, 0.3) is 0 Å². The van der Waals surface area contributed by atoms with Crippen LogP contribution in [-0.2, 0) is 14.3 Å². The number of benzene rings is 1. The van der Waals surface area contributed by atoms with Crippen molar-refractivity contribution in [3.8, 4) is 11.5 Å². The molecule has 7 rings (SSSR count). The predicted octanol–water partition coefficient (Wildman–Crippen LogP) is 2.60. The molecule has 1 amide bonds. The minimum Gasteiger partial charge on any atom is -0.507 e. The van der Waals surface area contributed by atoms with E-state index in [9.17, 15) is 49.5 Å². The Bertz CT molecular complexity index is 1670. The van der Waals surface area contributed by atoms with Gasteiger partial charge in [-0.15, -0.1) is 0 Å². The van der Waals surface area contributed by atoms with Crippen molar-refractivity contribution < 1.29 is 54.2 Å². The summed E-state index contributed by atoms with van der Waals surface area (Å²) in [6.45, 7) is 10.6. The average molecular weight is 652 g/mol. The number of aliphatic hydroxyl groups excluding tert-OH is 3. The summed E-state index contributed by atoms with van der Waals surface area (Å²) >= 11 is 0. The molecule has 0 saturated carbocycles. The summed E-state index contributed by atoms with van der Waals surface area (Å²) in [6, 6.07) is 0. The van der Waals surface area contributed by atoms with Gasteiger partial charge >= 0.3 is 5.97 Å². The number of carbonyl (C=O) groups is 5. The molecule has 0 radical (unpaired) electrons. The number of hydrogen-bond acceptors (Lipinski definition) is 11. The second-order valence-corrected chi connectivity index (χ2v) is 12.9. The number of ketones is 3. The molecule has 9 atom stereocenters. The van der Waals surface area contributed by atoms with Crippen LogP contribution in [0.5, 0.6) is 11.5 Å². The van der Waals surface area contributed by atoms with E-state index in [1.807, 2.05) is 0 Å². The van der Waals surface area contributed by atoms with Crippen molar-refractivity contribution in [2.75, 3.05) is 0 Å². The normalized spacial score (nSPS) is 32.4. The highest BCUT2D eigenvalue weighted by molar-refractivity contribution is 6.31. The highest BCUT2D eigenvalue weighted by Gasteiger charge is 2.47. The first kappa shape index (κ1) is 35.5. The fourth-order valence-corrected chi connectivity index (χ4v) is 6.45. The van der Waals surface area contributed by atoms with E-state index in [4.69, 9.17) is 4.74 Å². The molecule has 252 valence electrons. The van der Waals surface area contributed by atoms with E-state index in [1.165, 1.54) is 32.9 Å². The zero-order valence-electron chi connectivity index (χ0n) is 27.3. The highest BCUT2D eigenvalue weighted by Crippen LogP contribution is 2.42. The van der Waals surface area contributed by atoms with Crippen LogP contribution in [0.1, 0.15) is 78.2 Å². The number of phenolic OH excluding ortho intramolecular Hbond substituents is 2. The van der Waals surface area contributed by atoms with Gasteiger partial charge in [0.1, 0.15) is 23.5 Å². The van der Waals surface area contributed by atoms with Crippen molar-refractivity contribution in [2.45, 2.75) is 72.9 Å². The molecule has 0 unspecified atom stereocenters. The lowest BCUT2D eigenvalue weighted by atomic mass is 9.75. The van der Waals surface area contributed by atoms with Crippen LogP contribution in [0.3, 0.4) is 0 Å². The largest absolute Gasteiger partial charge is 0.507 e. The lowest BCUT2D eigenvalue weighted by Gasteiger charge is -2.42. The van der Waals surface area contributed by atoms with Gasteiger partial charge in [-0.25, -0.2) is 0 Å². The Labute approximate surface area is 272 Å². The number of Topliss-reactive ketones (excluding diaryl/α,β-unsaturated/α-hetero) is 2. The third-order valence-corrected chi connectivity index (χ3v) is 9.68. The molecule has 6 aliphatic rings. The van der Waals surface area contributed by atoms with Gasteiger partial charge < -0.3 is 35.6 Å². The second kappa shape index (κ2) is 13.4. The summed E-state index contributed by atoms with van der Waals surface area (Å²) in [5.41, 5.74) is -2.54. The summed E-state index contributed by atoms with van der Waals surface area (Å²) in [5.74, 6) is -9.98. The molecule has 1 fully saturated rings. The zero-order chi connectivity index (χ0) is 35.2. The van der Waals surface area contributed by atoms with Crippen molar-refractivity contribution in [1.82, 2.24) is 5.32 Å². The Balaban J connectivity index is 1.88. The maximum absolute atomic E-state index is 13.8. The first-order chi connectivity index (χ1) is 21.9. The summed E-state index contributed by atoms with van der Waals surface area (Å²) in [4.78, 5) is 66.9. The number of esters is 1. The van der Waals surface area contributed by atoms with Crippen molar-refractivity contribution in [3.63, 3.8) is 0 Å². The van der Waals surface area contributed by atoms with E-state index in [0.717, 1.165) is 12.2 Å². The van der Waals surface area contributed by atoms with Gasteiger partial charge in [-0.3, -0.25) is 24.0 Å². The Morgan fingerprint density at radius 2 is 1.30 bits per heavy atom. The molecule has 12 nitrogen and oxygen atoms in total. The van der Waals surface area contributed by atoms with Crippen LogP contribution in [0.15, 0.2) is 47.2 Å². The van der Waals surface area contributed by atoms with Gasteiger partial charge in [0.05, 0.1) is 40.7 Å². The molecule has 6 bridgehead atoms. The zero-order valence-corrected chi connectivity index (χ0v) is 27.3. The number of hydrogen-bond donors (Lipinski definition) is 6. The van der Waals surface area contributed by atoms with Crippen molar-refractivity contribution >= 4 is 29.2 Å². The number of aliphatic hydroxyl groups is 3. The molecule has 1 saturated heterocycles. The molecule has 0 spiro atoms. The van der Waals surface area contributed by atoms with Gasteiger partial charge in [-0.2, -0.15) is 0 Å². The molecular weight excluding hydrogens is 610 g/mol. The van der Waals surface area contributed by atoms with Crippen LogP contribution >= 0.6 is 0 Å². The number of carbonyl (C=O) groups excluding carboxylic acids is 5. The standard InChI is InChI=1S/C35H41NO11/c1-13-9-8-10-14(2)34(45)36-21-12-22(37)23-24(30(42)17(5)31(43)25(23)32(21)44)27(39)15(3)11-20-29(41)19(7)33(47-35(20)46)18(6)28(40)16(4)26(13)38/h8-13,16,18-20,26,28-29,33,38,40-43H,1-7H3,(H,36,45)/t13-,16-,18+,19+,20+,26-,28+,29+,33-/m1/s1. The number of allylic oxidation sites excluding steroid dienone is 5. The Morgan fingerprint density at radius 1 is 0.723 bits per heavy atom. The van der Waals surface area contributed by atoms with E-state index in [1.54, 1.807) is 33.8 Å². The summed E-state index contributed by atoms with van der Waals surface area (Å²) < 4.78 is 5.70. The molecular formula is C35H41NO11. The van der Waals surface area contributed by atoms with Crippen molar-refractivity contribution in [3.05, 3.63) is 69.5 Å². The second-order valence-electron chi connectivity index (χ2n) is 12.9. The molecule has 47 heavy (non-hydrogen) atoms. The molecule has 1 aliphatic carbocycles. The molecule has 6 N–H and O–H groups in total. The highest BCUT2D eigenvalue weighted by atomic mass is 16.6. The first-order valence-corrected chi connectivity index (χ1v) is 15.4. The lowest BCUT2D eigenvalue weighted by Crippen LogP contribution is -2.53. The fraction of sp³-hybridized carbons (Fsp3) is 0.457. The van der Waals surface area contributed by atoms with Crippen LogP contribution < -0.4 is 5.32 Å². The van der Waals surface area contributed by atoms with E-state index >= 15 is 0 Å². The molecule has 1 aromatic carbocycles. The number of aromatic hydroxyl groups is 2. The van der Waals surface area contributed by atoms with E-state index < -0.39 is 117 Å². The predicted molar refractivity (Wildman–Crippen MR) is 168 cm³/mol. The van der Waals surface area contributed by atoms with Crippen LogP contribution in [0.2, 0.25) is 0 Å². The van der Waals surface area contributed by atoms with Crippen LogP contribution in [-0.4, -0.2) is 79.2 Å². The van der Waals surface area contributed by atoms with E-state index in [2.05, 4.69) is 5.32 Å². The minimum absolute atomic E-state index is 0.128. The van der Waals surface area contributed by atoms with Gasteiger partial charge in [0.25, 0.3) is 5.91 Å². The quantitative estimate of drug-likeness (QED) is 0.225. The van der Waals surface area contributed by atoms with Crippen molar-refractivity contribution in [2.24, 2.45) is 29.6 Å². The van der Waals surface area contributed by atoms with Gasteiger partial charge in [-0.05, 0) is 26.3 Å². The van der Waals surface area contributed by atoms with E-state index in [0.29, 0.717) is 0 Å². The van der Waals surface area contributed by atoms with Gasteiger partial charge in [0.15, 0.2) is 11.6 Å². The summed E-state index contributed by atoms with van der Waals surface area (Å²) in [5, 5.41) is 57.6. The summed E-state index contributed by atoms with van der Waals surface area (Å²) in [7, 11) is 0. The minimum atomic E-state index is -1.36. The third-order valence-electron chi connectivity index (χ3n) is 9.68. The molecule has 12 heteroatoms. The molecule has 5 heterocycles. The number of phenols is 2. The van der Waals surface area contributed by atoms with Crippen molar-refractivity contribution in [1.29, 1.82) is 0 Å².